The summed E-state index contributed by atoms with van der Waals surface area (Å²) in [5.74, 6) is -0.111. The zero-order valence-corrected chi connectivity index (χ0v) is 12.3. The summed E-state index contributed by atoms with van der Waals surface area (Å²) in [7, 11) is 1.44. The van der Waals surface area contributed by atoms with Gasteiger partial charge in [0.1, 0.15) is 0 Å². The minimum atomic E-state index is -0.339. The second-order valence-corrected chi connectivity index (χ2v) is 4.93. The number of amides is 1. The van der Waals surface area contributed by atoms with E-state index in [-0.39, 0.29) is 11.7 Å². The van der Waals surface area contributed by atoms with E-state index in [1.807, 2.05) is 0 Å². The fraction of sp³-hybridized carbons (Fsp3) is 0.0714. The van der Waals surface area contributed by atoms with Crippen LogP contribution in [0.4, 0.5) is 11.4 Å². The van der Waals surface area contributed by atoms with Crippen molar-refractivity contribution in [1.82, 2.24) is 0 Å². The summed E-state index contributed by atoms with van der Waals surface area (Å²) in [5.41, 5.74) is 7.15. The van der Waals surface area contributed by atoms with E-state index < -0.39 is 0 Å². The van der Waals surface area contributed by atoms with Crippen molar-refractivity contribution < 1.29 is 14.6 Å². The van der Waals surface area contributed by atoms with Crippen molar-refractivity contribution in [2.45, 2.75) is 0 Å². The van der Waals surface area contributed by atoms with Crippen LogP contribution in [0.15, 0.2) is 40.9 Å². The SMILES string of the molecule is COc1ccc(C(=O)Nc2ccc(N)cc2Br)cc1O. The summed E-state index contributed by atoms with van der Waals surface area (Å²) in [5, 5.41) is 12.4. The third kappa shape index (κ3) is 3.03. The molecule has 2 aromatic carbocycles. The predicted octanol–water partition coefficient (Wildman–Crippen LogP) is 3.00. The number of carbonyl (C=O) groups is 1. The third-order valence-corrected chi connectivity index (χ3v) is 3.34. The monoisotopic (exact) mass is 336 g/mol. The molecule has 0 bridgehead atoms. The van der Waals surface area contributed by atoms with Gasteiger partial charge in [-0.2, -0.15) is 0 Å². The molecule has 0 unspecified atom stereocenters. The minimum absolute atomic E-state index is 0.0866. The maximum atomic E-state index is 12.1. The van der Waals surface area contributed by atoms with Crippen LogP contribution in [-0.4, -0.2) is 18.1 Å². The van der Waals surface area contributed by atoms with E-state index >= 15 is 0 Å². The molecule has 0 fully saturated rings. The van der Waals surface area contributed by atoms with Gasteiger partial charge in [0, 0.05) is 15.7 Å². The average molecular weight is 337 g/mol. The van der Waals surface area contributed by atoms with Crippen molar-refractivity contribution in [1.29, 1.82) is 0 Å². The molecule has 104 valence electrons. The highest BCUT2D eigenvalue weighted by atomic mass is 79.9. The third-order valence-electron chi connectivity index (χ3n) is 2.68. The molecule has 0 aliphatic heterocycles. The van der Waals surface area contributed by atoms with Gasteiger partial charge in [-0.1, -0.05) is 0 Å². The largest absolute Gasteiger partial charge is 0.504 e. The zero-order chi connectivity index (χ0) is 14.7. The van der Waals surface area contributed by atoms with E-state index in [9.17, 15) is 9.90 Å². The van der Waals surface area contributed by atoms with Gasteiger partial charge in [0.25, 0.3) is 5.91 Å². The van der Waals surface area contributed by atoms with Gasteiger partial charge in [0.05, 0.1) is 12.8 Å². The maximum Gasteiger partial charge on any atom is 0.255 e. The number of hydrogen-bond acceptors (Lipinski definition) is 4. The molecule has 0 radical (unpaired) electrons. The zero-order valence-electron chi connectivity index (χ0n) is 10.7. The topological polar surface area (TPSA) is 84.6 Å². The number of benzene rings is 2. The molecule has 2 rings (SSSR count). The minimum Gasteiger partial charge on any atom is -0.504 e. The van der Waals surface area contributed by atoms with Crippen LogP contribution in [0.5, 0.6) is 11.5 Å². The second-order valence-electron chi connectivity index (χ2n) is 4.08. The van der Waals surface area contributed by atoms with E-state index in [2.05, 4.69) is 21.2 Å². The number of anilines is 2. The molecule has 6 heteroatoms. The van der Waals surface area contributed by atoms with Crippen molar-refractivity contribution in [2.75, 3.05) is 18.2 Å². The van der Waals surface area contributed by atoms with E-state index in [0.717, 1.165) is 0 Å². The van der Waals surface area contributed by atoms with Crippen LogP contribution in [0, 0.1) is 0 Å². The number of ether oxygens (including phenoxy) is 1. The molecule has 0 saturated heterocycles. The van der Waals surface area contributed by atoms with Crippen LogP contribution in [0.3, 0.4) is 0 Å². The molecule has 2 aromatic rings. The van der Waals surface area contributed by atoms with Crippen molar-refractivity contribution in [3.05, 3.63) is 46.4 Å². The molecular weight excluding hydrogens is 324 g/mol. The van der Waals surface area contributed by atoms with Gasteiger partial charge in [-0.15, -0.1) is 0 Å². The number of aromatic hydroxyl groups is 1. The number of methoxy groups -OCH3 is 1. The Hall–Kier alpha value is -2.21. The first kappa shape index (κ1) is 14.2. The fourth-order valence-electron chi connectivity index (χ4n) is 1.66. The van der Waals surface area contributed by atoms with E-state index in [1.165, 1.54) is 19.2 Å². The van der Waals surface area contributed by atoms with E-state index in [1.54, 1.807) is 24.3 Å². The van der Waals surface area contributed by atoms with Crippen LogP contribution in [-0.2, 0) is 0 Å². The van der Waals surface area contributed by atoms with Gasteiger partial charge >= 0.3 is 0 Å². The van der Waals surface area contributed by atoms with Crippen molar-refractivity contribution >= 4 is 33.2 Å². The molecule has 0 aliphatic rings. The molecule has 1 amide bonds. The van der Waals surface area contributed by atoms with E-state index in [0.29, 0.717) is 27.2 Å². The molecule has 5 nitrogen and oxygen atoms in total. The summed E-state index contributed by atoms with van der Waals surface area (Å²) in [6.07, 6.45) is 0. The van der Waals surface area contributed by atoms with Gasteiger partial charge in [-0.25, -0.2) is 0 Å². The lowest BCUT2D eigenvalue weighted by Crippen LogP contribution is -2.12. The van der Waals surface area contributed by atoms with Crippen LogP contribution >= 0.6 is 15.9 Å². The molecule has 0 saturated carbocycles. The Balaban J connectivity index is 2.21. The number of carbonyl (C=O) groups excluding carboxylic acids is 1. The van der Waals surface area contributed by atoms with Crippen molar-refractivity contribution in [2.24, 2.45) is 0 Å². The van der Waals surface area contributed by atoms with Crippen LogP contribution in [0.25, 0.3) is 0 Å². The first-order chi connectivity index (χ1) is 9.51. The smallest absolute Gasteiger partial charge is 0.255 e. The Morgan fingerprint density at radius 2 is 2.05 bits per heavy atom. The second kappa shape index (κ2) is 5.83. The predicted molar refractivity (Wildman–Crippen MR) is 81.2 cm³/mol. The quantitative estimate of drug-likeness (QED) is 0.752. The maximum absolute atomic E-state index is 12.1. The first-order valence-corrected chi connectivity index (χ1v) is 6.54. The Morgan fingerprint density at radius 1 is 1.30 bits per heavy atom. The first-order valence-electron chi connectivity index (χ1n) is 5.74. The molecule has 4 N–H and O–H groups in total. The number of nitrogens with one attached hydrogen (secondary N) is 1. The van der Waals surface area contributed by atoms with Gasteiger partial charge in [0.2, 0.25) is 0 Å². The number of hydrogen-bond donors (Lipinski definition) is 3. The Morgan fingerprint density at radius 3 is 2.65 bits per heavy atom. The number of nitrogens with two attached hydrogens (primary N) is 1. The number of rotatable bonds is 3. The number of nitrogen functional groups attached to an aromatic ring is 1. The Labute approximate surface area is 124 Å². The van der Waals surface area contributed by atoms with Gasteiger partial charge in [-0.3, -0.25) is 4.79 Å². The molecular formula is C14H13BrN2O3. The van der Waals surface area contributed by atoms with E-state index in [4.69, 9.17) is 10.5 Å². The van der Waals surface area contributed by atoms with Gasteiger partial charge in [0.15, 0.2) is 11.5 Å². The normalized spacial score (nSPS) is 10.1. The lowest BCUT2D eigenvalue weighted by Gasteiger charge is -2.09. The Kier molecular flexibility index (Phi) is 4.14. The number of phenolic OH excluding ortho intramolecular Hbond substituents is 1. The van der Waals surface area contributed by atoms with Crippen LogP contribution in [0.1, 0.15) is 10.4 Å². The molecule has 0 aliphatic carbocycles. The lowest BCUT2D eigenvalue weighted by atomic mass is 10.2. The van der Waals surface area contributed by atoms with Crippen LogP contribution in [0.2, 0.25) is 0 Å². The highest BCUT2D eigenvalue weighted by Gasteiger charge is 2.11. The highest BCUT2D eigenvalue weighted by molar-refractivity contribution is 9.10. The molecule has 0 heterocycles. The standard InChI is InChI=1S/C14H13BrN2O3/c1-20-13-5-2-8(6-12(13)18)14(19)17-11-4-3-9(16)7-10(11)15/h2-7,18H,16H2,1H3,(H,17,19). The molecule has 0 aromatic heterocycles. The Bertz CT molecular complexity index is 659. The highest BCUT2D eigenvalue weighted by Crippen LogP contribution is 2.28. The molecule has 20 heavy (non-hydrogen) atoms. The summed E-state index contributed by atoms with van der Waals surface area (Å²) < 4.78 is 5.61. The number of halogens is 1. The van der Waals surface area contributed by atoms with Gasteiger partial charge < -0.3 is 20.9 Å². The van der Waals surface area contributed by atoms with Gasteiger partial charge in [-0.05, 0) is 52.3 Å². The summed E-state index contributed by atoms with van der Waals surface area (Å²) in [4.78, 5) is 12.1. The lowest BCUT2D eigenvalue weighted by molar-refractivity contribution is 0.102. The molecule has 0 spiro atoms. The van der Waals surface area contributed by atoms with Crippen molar-refractivity contribution in [3.63, 3.8) is 0 Å². The fourth-order valence-corrected chi connectivity index (χ4v) is 2.15. The molecule has 0 atom stereocenters. The average Bonchev–Trinajstić information content (AvgIpc) is 2.41. The van der Waals surface area contributed by atoms with Crippen LogP contribution < -0.4 is 15.8 Å². The summed E-state index contributed by atoms with van der Waals surface area (Å²) in [6.45, 7) is 0. The van der Waals surface area contributed by atoms with Crippen molar-refractivity contribution in [3.8, 4) is 11.5 Å². The summed E-state index contributed by atoms with van der Waals surface area (Å²) >= 11 is 3.32. The summed E-state index contributed by atoms with van der Waals surface area (Å²) in [6, 6.07) is 9.52. The number of phenols is 1.